The molecule has 0 radical (unpaired) electrons. The molecule has 0 saturated heterocycles. The van der Waals surface area contributed by atoms with Crippen molar-refractivity contribution in [2.24, 2.45) is 11.7 Å². The van der Waals surface area contributed by atoms with Gasteiger partial charge in [0, 0.05) is 0 Å². The summed E-state index contributed by atoms with van der Waals surface area (Å²) in [5.74, 6) is 0.867. The van der Waals surface area contributed by atoms with E-state index in [1.807, 2.05) is 0 Å². The fourth-order valence-corrected chi connectivity index (χ4v) is 1.97. The Bertz CT molecular complexity index is 320. The summed E-state index contributed by atoms with van der Waals surface area (Å²) >= 11 is 0. The molecule has 1 aliphatic rings. The molecule has 1 amide bonds. The molecular formula is C12H17NO. The van der Waals surface area contributed by atoms with E-state index < -0.39 is 0 Å². The summed E-state index contributed by atoms with van der Waals surface area (Å²) in [5.41, 5.74) is 8.72. The van der Waals surface area contributed by atoms with Crippen molar-refractivity contribution in [1.29, 1.82) is 0 Å². The second kappa shape index (κ2) is 4.80. The minimum Gasteiger partial charge on any atom is -0.372 e. The van der Waals surface area contributed by atoms with Crippen molar-refractivity contribution < 1.29 is 4.79 Å². The van der Waals surface area contributed by atoms with Crippen molar-refractivity contribution in [2.45, 2.75) is 26.7 Å². The van der Waals surface area contributed by atoms with Gasteiger partial charge in [0.25, 0.3) is 0 Å². The Morgan fingerprint density at radius 2 is 1.93 bits per heavy atom. The summed E-state index contributed by atoms with van der Waals surface area (Å²) < 4.78 is 0. The van der Waals surface area contributed by atoms with Gasteiger partial charge in [-0.15, -0.1) is 0 Å². The van der Waals surface area contributed by atoms with Crippen LogP contribution in [0, 0.1) is 12.8 Å². The first-order valence-electron chi connectivity index (χ1n) is 4.91. The van der Waals surface area contributed by atoms with Gasteiger partial charge in [0.2, 0.25) is 6.41 Å². The number of carbonyl (C=O) groups is 1. The fraction of sp³-hybridized carbons (Fsp3) is 0.417. The molecule has 1 aromatic rings. The quantitative estimate of drug-likeness (QED) is 0.625. The third-order valence-corrected chi connectivity index (χ3v) is 2.50. The Balaban J connectivity index is 0.000000293. The molecule has 1 unspecified atom stereocenters. The lowest BCUT2D eigenvalue weighted by Crippen LogP contribution is -1.89. The van der Waals surface area contributed by atoms with Gasteiger partial charge in [-0.05, 0) is 36.8 Å². The van der Waals surface area contributed by atoms with Crippen LogP contribution in [0.25, 0.3) is 0 Å². The standard InChI is InChI=1S/C11H14.CH3NO/c1-8-3-4-10-6-9(2)7-11(10)5-8;2-1-3/h3-5,9H,6-7H2,1-2H3;1H,(H2,2,3). The molecule has 1 aliphatic carbocycles. The molecule has 2 heteroatoms. The van der Waals surface area contributed by atoms with E-state index in [9.17, 15) is 0 Å². The van der Waals surface area contributed by atoms with Crippen LogP contribution in [0.2, 0.25) is 0 Å². The van der Waals surface area contributed by atoms with Crippen LogP contribution in [-0.4, -0.2) is 6.41 Å². The van der Waals surface area contributed by atoms with Gasteiger partial charge in [0.1, 0.15) is 0 Å². The molecule has 0 spiro atoms. The zero-order valence-electron chi connectivity index (χ0n) is 8.79. The average molecular weight is 191 g/mol. The number of hydrogen-bond donors (Lipinski definition) is 1. The van der Waals surface area contributed by atoms with Crippen molar-refractivity contribution in [3.05, 3.63) is 34.9 Å². The highest BCUT2D eigenvalue weighted by Crippen LogP contribution is 2.26. The van der Waals surface area contributed by atoms with Gasteiger partial charge < -0.3 is 5.73 Å². The number of carbonyl (C=O) groups excluding carboxylic acids is 1. The van der Waals surface area contributed by atoms with Crippen LogP contribution in [0.3, 0.4) is 0 Å². The molecule has 76 valence electrons. The largest absolute Gasteiger partial charge is 0.372 e. The molecule has 1 aromatic carbocycles. The highest BCUT2D eigenvalue weighted by Gasteiger charge is 2.16. The minimum absolute atomic E-state index is 0.250. The van der Waals surface area contributed by atoms with E-state index in [2.05, 4.69) is 37.8 Å². The van der Waals surface area contributed by atoms with Gasteiger partial charge in [0.05, 0.1) is 0 Å². The number of benzene rings is 1. The number of primary amides is 1. The van der Waals surface area contributed by atoms with Gasteiger partial charge in [0.15, 0.2) is 0 Å². The highest BCUT2D eigenvalue weighted by molar-refractivity contribution is 5.42. The summed E-state index contributed by atoms with van der Waals surface area (Å²) in [5, 5.41) is 0. The molecule has 2 N–H and O–H groups in total. The van der Waals surface area contributed by atoms with Gasteiger partial charge in [-0.3, -0.25) is 4.79 Å². The van der Waals surface area contributed by atoms with Crippen LogP contribution < -0.4 is 5.73 Å². The molecule has 2 nitrogen and oxygen atoms in total. The summed E-state index contributed by atoms with van der Waals surface area (Å²) in [6.07, 6.45) is 2.83. The summed E-state index contributed by atoms with van der Waals surface area (Å²) in [4.78, 5) is 8.58. The van der Waals surface area contributed by atoms with E-state index in [0.717, 1.165) is 5.92 Å². The molecule has 0 heterocycles. The highest BCUT2D eigenvalue weighted by atomic mass is 16.1. The lowest BCUT2D eigenvalue weighted by molar-refractivity contribution is -0.106. The van der Waals surface area contributed by atoms with E-state index in [0.29, 0.717) is 0 Å². The molecule has 0 bridgehead atoms. The van der Waals surface area contributed by atoms with Gasteiger partial charge in [-0.1, -0.05) is 30.7 Å². The summed E-state index contributed by atoms with van der Waals surface area (Å²) in [7, 11) is 0. The topological polar surface area (TPSA) is 43.1 Å². The van der Waals surface area contributed by atoms with Crippen LogP contribution in [-0.2, 0) is 17.6 Å². The fourth-order valence-electron chi connectivity index (χ4n) is 1.97. The minimum atomic E-state index is 0.250. The number of fused-ring (bicyclic) bond motifs is 1. The Labute approximate surface area is 85.1 Å². The Kier molecular flexibility index (Phi) is 3.69. The normalized spacial score (nSPS) is 18.0. The maximum atomic E-state index is 8.58. The van der Waals surface area contributed by atoms with Crippen molar-refractivity contribution in [2.75, 3.05) is 0 Å². The zero-order valence-corrected chi connectivity index (χ0v) is 8.79. The number of rotatable bonds is 0. The van der Waals surface area contributed by atoms with E-state index in [4.69, 9.17) is 4.79 Å². The first kappa shape index (κ1) is 10.8. The first-order chi connectivity index (χ1) is 6.67. The predicted octanol–water partition coefficient (Wildman–Crippen LogP) is 1.83. The number of nitrogens with two attached hydrogens (primary N) is 1. The molecule has 0 saturated carbocycles. The van der Waals surface area contributed by atoms with Gasteiger partial charge in [-0.25, -0.2) is 0 Å². The maximum absolute atomic E-state index is 8.58. The second-order valence-corrected chi connectivity index (χ2v) is 3.92. The molecule has 2 rings (SSSR count). The van der Waals surface area contributed by atoms with Crippen LogP contribution >= 0.6 is 0 Å². The van der Waals surface area contributed by atoms with Crippen molar-refractivity contribution in [3.63, 3.8) is 0 Å². The third-order valence-electron chi connectivity index (χ3n) is 2.50. The summed E-state index contributed by atoms with van der Waals surface area (Å²) in [6.45, 7) is 4.50. The lowest BCUT2D eigenvalue weighted by atomic mass is 10.1. The molecule has 1 atom stereocenters. The molecule has 0 aromatic heterocycles. The van der Waals surface area contributed by atoms with Crippen LogP contribution in [0.5, 0.6) is 0 Å². The van der Waals surface area contributed by atoms with Crippen molar-refractivity contribution in [3.8, 4) is 0 Å². The monoisotopic (exact) mass is 191 g/mol. The second-order valence-electron chi connectivity index (χ2n) is 3.92. The van der Waals surface area contributed by atoms with Crippen LogP contribution in [0.4, 0.5) is 0 Å². The maximum Gasteiger partial charge on any atom is 0.204 e. The van der Waals surface area contributed by atoms with Gasteiger partial charge in [-0.2, -0.15) is 0 Å². The Morgan fingerprint density at radius 1 is 1.36 bits per heavy atom. The predicted molar refractivity (Wildman–Crippen MR) is 58.0 cm³/mol. The average Bonchev–Trinajstić information content (AvgIpc) is 2.45. The number of amides is 1. The molecule has 0 aliphatic heterocycles. The summed E-state index contributed by atoms with van der Waals surface area (Å²) in [6, 6.07) is 6.84. The van der Waals surface area contributed by atoms with E-state index >= 15 is 0 Å². The molecule has 14 heavy (non-hydrogen) atoms. The van der Waals surface area contributed by atoms with Gasteiger partial charge >= 0.3 is 0 Å². The molecular weight excluding hydrogens is 174 g/mol. The first-order valence-corrected chi connectivity index (χ1v) is 4.91. The van der Waals surface area contributed by atoms with Crippen molar-refractivity contribution >= 4 is 6.41 Å². The van der Waals surface area contributed by atoms with Crippen LogP contribution in [0.15, 0.2) is 18.2 Å². The zero-order chi connectivity index (χ0) is 10.6. The number of hydrogen-bond acceptors (Lipinski definition) is 1. The lowest BCUT2D eigenvalue weighted by Gasteiger charge is -1.98. The van der Waals surface area contributed by atoms with E-state index in [-0.39, 0.29) is 6.41 Å². The van der Waals surface area contributed by atoms with E-state index in [1.54, 1.807) is 11.1 Å². The number of aryl methyl sites for hydroxylation is 1. The Hall–Kier alpha value is -1.31. The smallest absolute Gasteiger partial charge is 0.204 e. The van der Waals surface area contributed by atoms with Crippen molar-refractivity contribution in [1.82, 2.24) is 0 Å². The van der Waals surface area contributed by atoms with E-state index in [1.165, 1.54) is 18.4 Å². The SMILES string of the molecule is Cc1ccc2c(c1)CC(C)C2.NC=O. The Morgan fingerprint density at radius 3 is 2.57 bits per heavy atom. The van der Waals surface area contributed by atoms with Crippen LogP contribution in [0.1, 0.15) is 23.6 Å². The third kappa shape index (κ3) is 2.59. The molecule has 0 fully saturated rings.